The van der Waals surface area contributed by atoms with Crippen molar-refractivity contribution in [1.82, 2.24) is 15.0 Å². The van der Waals surface area contributed by atoms with Crippen molar-refractivity contribution in [2.45, 2.75) is 6.54 Å². The third-order valence-electron chi connectivity index (χ3n) is 1.74. The molecule has 1 heterocycles. The third-order valence-corrected chi connectivity index (χ3v) is 2.47. The molecule has 0 aliphatic rings. The smallest absolute Gasteiger partial charge is 0.208 e. The highest BCUT2D eigenvalue weighted by Gasteiger charge is 1.98. The van der Waals surface area contributed by atoms with Crippen molar-refractivity contribution in [2.24, 2.45) is 0 Å². The van der Waals surface area contributed by atoms with Crippen molar-refractivity contribution >= 4 is 10.0 Å². The van der Waals surface area contributed by atoms with Crippen molar-refractivity contribution in [1.29, 1.82) is 0 Å². The topological polar surface area (TPSA) is 71.1 Å². The van der Waals surface area contributed by atoms with Crippen LogP contribution in [-0.2, 0) is 16.6 Å². The first-order valence-electron chi connectivity index (χ1n) is 4.62. The summed E-state index contributed by atoms with van der Waals surface area (Å²) in [5, 5.41) is 3.12. The summed E-state index contributed by atoms with van der Waals surface area (Å²) in [4.78, 5) is 3.90. The summed E-state index contributed by atoms with van der Waals surface area (Å²) in [5.74, 6) is 0. The van der Waals surface area contributed by atoms with Gasteiger partial charge in [0, 0.05) is 32.0 Å². The number of pyridine rings is 1. The molecule has 1 rings (SSSR count). The Morgan fingerprint density at radius 1 is 1.27 bits per heavy atom. The van der Waals surface area contributed by atoms with Crippen LogP contribution in [-0.4, -0.2) is 32.7 Å². The highest BCUT2D eigenvalue weighted by Crippen LogP contribution is 1.93. The Labute approximate surface area is 90.0 Å². The van der Waals surface area contributed by atoms with E-state index in [0.717, 1.165) is 11.8 Å². The van der Waals surface area contributed by atoms with Crippen molar-refractivity contribution < 1.29 is 8.42 Å². The van der Waals surface area contributed by atoms with Crippen LogP contribution < -0.4 is 10.0 Å². The summed E-state index contributed by atoms with van der Waals surface area (Å²) in [6, 6.07) is 3.83. The number of sulfonamides is 1. The Morgan fingerprint density at radius 3 is 2.53 bits per heavy atom. The van der Waals surface area contributed by atoms with Gasteiger partial charge >= 0.3 is 0 Å². The van der Waals surface area contributed by atoms with Crippen LogP contribution in [0.3, 0.4) is 0 Å². The molecule has 0 unspecified atom stereocenters. The summed E-state index contributed by atoms with van der Waals surface area (Å²) in [6.45, 7) is 1.73. The van der Waals surface area contributed by atoms with Gasteiger partial charge in [-0.25, -0.2) is 13.1 Å². The minimum absolute atomic E-state index is 0.407. The maximum absolute atomic E-state index is 10.7. The van der Waals surface area contributed by atoms with E-state index in [2.05, 4.69) is 15.0 Å². The maximum atomic E-state index is 10.7. The minimum atomic E-state index is -3.07. The number of rotatable bonds is 6. The van der Waals surface area contributed by atoms with Gasteiger partial charge in [-0.1, -0.05) is 0 Å². The fourth-order valence-corrected chi connectivity index (χ4v) is 1.53. The van der Waals surface area contributed by atoms with Crippen LogP contribution in [0.2, 0.25) is 0 Å². The summed E-state index contributed by atoms with van der Waals surface area (Å²) < 4.78 is 23.8. The number of hydrogen-bond acceptors (Lipinski definition) is 4. The predicted octanol–water partition coefficient (Wildman–Crippen LogP) is -0.280. The highest BCUT2D eigenvalue weighted by atomic mass is 32.2. The highest BCUT2D eigenvalue weighted by molar-refractivity contribution is 7.88. The summed E-state index contributed by atoms with van der Waals surface area (Å²) >= 11 is 0. The van der Waals surface area contributed by atoms with Gasteiger partial charge in [-0.2, -0.15) is 0 Å². The quantitative estimate of drug-likeness (QED) is 0.658. The van der Waals surface area contributed by atoms with Gasteiger partial charge in [0.1, 0.15) is 0 Å². The van der Waals surface area contributed by atoms with Crippen LogP contribution >= 0.6 is 0 Å². The molecule has 0 aliphatic carbocycles. The molecule has 1 aromatic heterocycles. The molecule has 0 fully saturated rings. The van der Waals surface area contributed by atoms with Gasteiger partial charge in [0.15, 0.2) is 0 Å². The van der Waals surface area contributed by atoms with Crippen molar-refractivity contribution in [2.75, 3.05) is 19.3 Å². The first kappa shape index (κ1) is 12.1. The van der Waals surface area contributed by atoms with Gasteiger partial charge in [0.2, 0.25) is 10.0 Å². The lowest BCUT2D eigenvalue weighted by molar-refractivity contribution is 0.582. The minimum Gasteiger partial charge on any atom is -0.311 e. The fourth-order valence-electron chi connectivity index (χ4n) is 1.06. The van der Waals surface area contributed by atoms with E-state index in [1.54, 1.807) is 12.4 Å². The molecule has 0 saturated carbocycles. The van der Waals surface area contributed by atoms with E-state index in [0.29, 0.717) is 19.6 Å². The molecule has 2 N–H and O–H groups in total. The van der Waals surface area contributed by atoms with E-state index in [1.807, 2.05) is 12.1 Å². The average Bonchev–Trinajstić information content (AvgIpc) is 2.17. The number of hydrogen-bond donors (Lipinski definition) is 2. The van der Waals surface area contributed by atoms with Crippen LogP contribution in [0.5, 0.6) is 0 Å². The zero-order valence-electron chi connectivity index (χ0n) is 8.60. The van der Waals surface area contributed by atoms with Crippen LogP contribution in [0.1, 0.15) is 5.56 Å². The van der Waals surface area contributed by atoms with Crippen LogP contribution in [0.15, 0.2) is 24.5 Å². The second-order valence-electron chi connectivity index (χ2n) is 3.20. The summed E-state index contributed by atoms with van der Waals surface area (Å²) in [7, 11) is -3.07. The van der Waals surface area contributed by atoms with Gasteiger partial charge in [0.05, 0.1) is 6.26 Å². The molecule has 0 aliphatic heterocycles. The Morgan fingerprint density at radius 2 is 1.93 bits per heavy atom. The lowest BCUT2D eigenvalue weighted by Gasteiger charge is -2.04. The molecular formula is C9H15N3O2S. The molecule has 0 amide bonds. The SMILES string of the molecule is CS(=O)(=O)NCCNCc1ccncc1. The van der Waals surface area contributed by atoms with Crippen LogP contribution in [0.25, 0.3) is 0 Å². The zero-order chi connectivity index (χ0) is 11.1. The average molecular weight is 229 g/mol. The summed E-state index contributed by atoms with van der Waals surface area (Å²) in [6.07, 6.45) is 4.60. The van der Waals surface area contributed by atoms with E-state index in [1.165, 1.54) is 0 Å². The van der Waals surface area contributed by atoms with E-state index < -0.39 is 10.0 Å². The van der Waals surface area contributed by atoms with Crippen LogP contribution in [0.4, 0.5) is 0 Å². The van der Waals surface area contributed by atoms with Gasteiger partial charge in [0.25, 0.3) is 0 Å². The Kier molecular flexibility index (Phi) is 4.67. The molecule has 0 bridgehead atoms. The van der Waals surface area contributed by atoms with Gasteiger partial charge in [-0.05, 0) is 17.7 Å². The molecule has 6 heteroatoms. The largest absolute Gasteiger partial charge is 0.311 e. The van der Waals surface area contributed by atoms with Crippen molar-refractivity contribution in [3.63, 3.8) is 0 Å². The molecule has 0 radical (unpaired) electrons. The lowest BCUT2D eigenvalue weighted by Crippen LogP contribution is -2.30. The Hall–Kier alpha value is -0.980. The zero-order valence-corrected chi connectivity index (χ0v) is 9.42. The Balaban J connectivity index is 2.13. The maximum Gasteiger partial charge on any atom is 0.208 e. The molecule has 84 valence electrons. The summed E-state index contributed by atoms with van der Waals surface area (Å²) in [5.41, 5.74) is 1.13. The van der Waals surface area contributed by atoms with Crippen molar-refractivity contribution in [3.05, 3.63) is 30.1 Å². The second kappa shape index (κ2) is 5.79. The molecule has 5 nitrogen and oxygen atoms in total. The second-order valence-corrected chi connectivity index (χ2v) is 5.03. The molecule has 0 atom stereocenters. The van der Waals surface area contributed by atoms with E-state index in [4.69, 9.17) is 0 Å². The van der Waals surface area contributed by atoms with Gasteiger partial charge in [-0.15, -0.1) is 0 Å². The molecular weight excluding hydrogens is 214 g/mol. The first-order chi connectivity index (χ1) is 7.08. The fraction of sp³-hybridized carbons (Fsp3) is 0.444. The van der Waals surface area contributed by atoms with E-state index in [9.17, 15) is 8.42 Å². The lowest BCUT2D eigenvalue weighted by atomic mass is 10.3. The van der Waals surface area contributed by atoms with E-state index in [-0.39, 0.29) is 0 Å². The van der Waals surface area contributed by atoms with Gasteiger partial charge < -0.3 is 5.32 Å². The van der Waals surface area contributed by atoms with Crippen LogP contribution in [0, 0.1) is 0 Å². The molecule has 0 saturated heterocycles. The monoisotopic (exact) mass is 229 g/mol. The molecule has 15 heavy (non-hydrogen) atoms. The molecule has 0 aromatic carbocycles. The number of aromatic nitrogens is 1. The standard InChI is InChI=1S/C9H15N3O2S/c1-15(13,14)12-7-6-11-8-9-2-4-10-5-3-9/h2-5,11-12H,6-8H2,1H3. The first-order valence-corrected chi connectivity index (χ1v) is 6.51. The normalized spacial score (nSPS) is 11.5. The van der Waals surface area contributed by atoms with Gasteiger partial charge in [-0.3, -0.25) is 4.98 Å². The molecule has 0 spiro atoms. The number of nitrogens with one attached hydrogen (secondary N) is 2. The Bertz CT molecular complexity index is 378. The number of nitrogens with zero attached hydrogens (tertiary/aromatic N) is 1. The third kappa shape index (κ3) is 6.16. The molecule has 1 aromatic rings. The predicted molar refractivity (Wildman–Crippen MR) is 58.8 cm³/mol. The van der Waals surface area contributed by atoms with E-state index >= 15 is 0 Å². The van der Waals surface area contributed by atoms with Crippen molar-refractivity contribution in [3.8, 4) is 0 Å².